The molecule has 0 aromatic carbocycles. The van der Waals surface area contributed by atoms with Crippen LogP contribution in [0.4, 0.5) is 0 Å². The van der Waals surface area contributed by atoms with Crippen LogP contribution in [0.15, 0.2) is 11.6 Å². The molecule has 34 heavy (non-hydrogen) atoms. The van der Waals surface area contributed by atoms with E-state index >= 15 is 0 Å². The molecule has 0 aromatic heterocycles. The molecule has 2 unspecified atom stereocenters. The average molecular weight is 468 g/mol. The lowest BCUT2D eigenvalue weighted by Gasteiger charge is -2.69. The maximum absolute atomic E-state index is 14.2. The van der Waals surface area contributed by atoms with E-state index in [1.807, 2.05) is 13.0 Å². The summed E-state index contributed by atoms with van der Waals surface area (Å²) >= 11 is 0. The standard InChI is InChI=1S/C30H45NO3/c1-25(2)21-8-11-30(7)23(28(21,5)10-9-22(25)33)20(32)16-18-19-17-27(4,24(31)34)13-12-26(19,3)14-15-29(18,30)6/h16,19,21,23H,8-15,17H2,1-7H3,(H2,31,34)/t19-,21?,23?,26+,27-,28-,29+,30+/m0/s1. The molecule has 4 nitrogen and oxygen atoms in total. The third-order valence-electron chi connectivity index (χ3n) is 12.9. The van der Waals surface area contributed by atoms with E-state index in [2.05, 4.69) is 41.5 Å². The van der Waals surface area contributed by atoms with Crippen molar-refractivity contribution in [3.05, 3.63) is 11.6 Å². The van der Waals surface area contributed by atoms with Gasteiger partial charge in [-0.2, -0.15) is 0 Å². The van der Waals surface area contributed by atoms with Crippen molar-refractivity contribution in [1.29, 1.82) is 0 Å². The fourth-order valence-corrected chi connectivity index (χ4v) is 10.2. The van der Waals surface area contributed by atoms with E-state index in [1.165, 1.54) is 5.57 Å². The first-order valence-corrected chi connectivity index (χ1v) is 13.6. The normalized spacial score (nSPS) is 52.0. The van der Waals surface area contributed by atoms with Gasteiger partial charge >= 0.3 is 0 Å². The van der Waals surface area contributed by atoms with Crippen LogP contribution in [0.5, 0.6) is 0 Å². The van der Waals surface area contributed by atoms with Gasteiger partial charge in [0.2, 0.25) is 5.91 Å². The summed E-state index contributed by atoms with van der Waals surface area (Å²) in [6, 6.07) is 0. The molecular formula is C30H45NO3. The molecule has 5 aliphatic carbocycles. The van der Waals surface area contributed by atoms with Crippen LogP contribution in [0.2, 0.25) is 0 Å². The van der Waals surface area contributed by atoms with E-state index in [0.29, 0.717) is 12.2 Å². The van der Waals surface area contributed by atoms with E-state index in [9.17, 15) is 14.4 Å². The van der Waals surface area contributed by atoms with Gasteiger partial charge in [0.05, 0.1) is 0 Å². The van der Waals surface area contributed by atoms with Gasteiger partial charge in [-0.15, -0.1) is 0 Å². The highest BCUT2D eigenvalue weighted by Gasteiger charge is 2.70. The van der Waals surface area contributed by atoms with Crippen LogP contribution in [0, 0.1) is 50.2 Å². The number of carbonyl (C=O) groups is 3. The van der Waals surface area contributed by atoms with Gasteiger partial charge in [-0.25, -0.2) is 0 Å². The van der Waals surface area contributed by atoms with E-state index in [-0.39, 0.29) is 56.5 Å². The zero-order valence-electron chi connectivity index (χ0n) is 22.5. The summed E-state index contributed by atoms with van der Waals surface area (Å²) < 4.78 is 0. The first-order chi connectivity index (χ1) is 15.6. The Morgan fingerprint density at radius 2 is 1.56 bits per heavy atom. The molecule has 5 rings (SSSR count). The minimum Gasteiger partial charge on any atom is -0.369 e. The van der Waals surface area contributed by atoms with Crippen molar-refractivity contribution in [2.75, 3.05) is 0 Å². The summed E-state index contributed by atoms with van der Waals surface area (Å²) in [6.45, 7) is 15.8. The molecule has 5 aliphatic rings. The fraction of sp³-hybridized carbons (Fsp3) is 0.833. The van der Waals surface area contributed by atoms with Gasteiger partial charge in [0.1, 0.15) is 5.78 Å². The number of fused-ring (bicyclic) bond motifs is 7. The molecule has 4 fully saturated rings. The lowest BCUT2D eigenvalue weighted by Crippen LogP contribution is -2.66. The van der Waals surface area contributed by atoms with Crippen molar-refractivity contribution >= 4 is 17.5 Å². The Kier molecular flexibility index (Phi) is 4.89. The third-order valence-corrected chi connectivity index (χ3v) is 12.9. The first kappa shape index (κ1) is 24.3. The number of Topliss-reactive ketones (excluding diaryl/α,β-unsaturated/α-hetero) is 1. The second-order valence-corrected chi connectivity index (χ2v) is 14.8. The molecule has 4 saturated carbocycles. The second kappa shape index (κ2) is 6.85. The highest BCUT2D eigenvalue weighted by Crippen LogP contribution is 2.74. The second-order valence-electron chi connectivity index (χ2n) is 14.8. The molecule has 0 spiro atoms. The lowest BCUT2D eigenvalue weighted by molar-refractivity contribution is -0.187. The monoisotopic (exact) mass is 467 g/mol. The van der Waals surface area contributed by atoms with Crippen LogP contribution < -0.4 is 5.73 Å². The molecule has 1 amide bonds. The summed E-state index contributed by atoms with van der Waals surface area (Å²) in [7, 11) is 0. The predicted molar refractivity (Wildman–Crippen MR) is 134 cm³/mol. The van der Waals surface area contributed by atoms with Gasteiger partial charge in [0, 0.05) is 23.2 Å². The van der Waals surface area contributed by atoms with Crippen molar-refractivity contribution in [3.8, 4) is 0 Å². The molecule has 8 atom stereocenters. The number of rotatable bonds is 1. The van der Waals surface area contributed by atoms with Gasteiger partial charge < -0.3 is 5.73 Å². The fourth-order valence-electron chi connectivity index (χ4n) is 10.2. The Morgan fingerprint density at radius 1 is 0.912 bits per heavy atom. The van der Waals surface area contributed by atoms with Crippen LogP contribution in [0.3, 0.4) is 0 Å². The van der Waals surface area contributed by atoms with Gasteiger partial charge in [0.15, 0.2) is 5.78 Å². The molecule has 0 bridgehead atoms. The van der Waals surface area contributed by atoms with E-state index < -0.39 is 5.41 Å². The molecule has 4 heteroatoms. The maximum atomic E-state index is 14.2. The van der Waals surface area contributed by atoms with Crippen molar-refractivity contribution in [1.82, 2.24) is 0 Å². The Hall–Kier alpha value is -1.45. The summed E-state index contributed by atoms with van der Waals surface area (Å²) in [5.74, 6) is 0.886. The molecule has 0 saturated heterocycles. The third kappa shape index (κ3) is 2.75. The van der Waals surface area contributed by atoms with E-state index in [1.54, 1.807) is 0 Å². The quantitative estimate of drug-likeness (QED) is 0.512. The molecule has 0 aromatic rings. The number of allylic oxidation sites excluding steroid dienone is 2. The van der Waals surface area contributed by atoms with Crippen LogP contribution in [-0.2, 0) is 14.4 Å². The maximum Gasteiger partial charge on any atom is 0.223 e. The molecular weight excluding hydrogens is 422 g/mol. The number of nitrogens with two attached hydrogens (primary N) is 1. The number of hydrogen-bond acceptors (Lipinski definition) is 3. The van der Waals surface area contributed by atoms with Gasteiger partial charge in [-0.3, -0.25) is 14.4 Å². The van der Waals surface area contributed by atoms with Gasteiger partial charge in [-0.1, -0.05) is 54.0 Å². The van der Waals surface area contributed by atoms with Crippen molar-refractivity contribution in [2.24, 2.45) is 56.0 Å². The van der Waals surface area contributed by atoms with E-state index in [0.717, 1.165) is 51.4 Å². The molecule has 188 valence electrons. The highest BCUT2D eigenvalue weighted by molar-refractivity contribution is 5.96. The molecule has 2 N–H and O–H groups in total. The summed E-state index contributed by atoms with van der Waals surface area (Å²) in [5.41, 5.74) is 6.14. The first-order valence-electron chi connectivity index (χ1n) is 13.6. The molecule has 0 radical (unpaired) electrons. The SMILES string of the molecule is CC1(C)C(=O)CC[C@@]2(C)C1CC[C@]1(C)C2C(=O)C=C2[C@@H]3C[C@@](C)(C(N)=O)CC[C@]3(C)CC[C@]21C. The van der Waals surface area contributed by atoms with Crippen LogP contribution in [0.1, 0.15) is 106 Å². The summed E-state index contributed by atoms with van der Waals surface area (Å²) in [6.07, 6.45) is 10.3. The minimum atomic E-state index is -0.499. The number of carbonyl (C=O) groups excluding carboxylic acids is 3. The highest BCUT2D eigenvalue weighted by atomic mass is 16.1. The van der Waals surface area contributed by atoms with E-state index in [4.69, 9.17) is 5.73 Å². The zero-order valence-corrected chi connectivity index (χ0v) is 22.5. The molecule has 0 aliphatic heterocycles. The predicted octanol–water partition coefficient (Wildman–Crippen LogP) is 6.02. The largest absolute Gasteiger partial charge is 0.369 e. The topological polar surface area (TPSA) is 77.2 Å². The van der Waals surface area contributed by atoms with Crippen molar-refractivity contribution in [2.45, 2.75) is 106 Å². The Labute approximate surface area is 205 Å². The number of ketones is 2. The average Bonchev–Trinajstić information content (AvgIpc) is 2.73. The summed E-state index contributed by atoms with van der Waals surface area (Å²) in [4.78, 5) is 39.5. The van der Waals surface area contributed by atoms with Crippen LogP contribution in [0.25, 0.3) is 0 Å². The minimum absolute atomic E-state index is 0.0460. The molecule has 0 heterocycles. The Bertz CT molecular complexity index is 1010. The van der Waals surface area contributed by atoms with Gasteiger partial charge in [0.25, 0.3) is 0 Å². The summed E-state index contributed by atoms with van der Waals surface area (Å²) in [5, 5.41) is 0. The van der Waals surface area contributed by atoms with Crippen LogP contribution in [-0.4, -0.2) is 17.5 Å². The van der Waals surface area contributed by atoms with Crippen molar-refractivity contribution < 1.29 is 14.4 Å². The zero-order chi connectivity index (χ0) is 25.1. The van der Waals surface area contributed by atoms with Crippen molar-refractivity contribution in [3.63, 3.8) is 0 Å². The Morgan fingerprint density at radius 3 is 2.21 bits per heavy atom. The number of amides is 1. The lowest BCUT2D eigenvalue weighted by atomic mass is 9.33. The number of hydrogen-bond donors (Lipinski definition) is 1. The smallest absolute Gasteiger partial charge is 0.223 e. The Balaban J connectivity index is 1.63. The number of primary amides is 1. The van der Waals surface area contributed by atoms with Gasteiger partial charge in [-0.05, 0) is 90.9 Å². The van der Waals surface area contributed by atoms with Crippen LogP contribution >= 0.6 is 0 Å².